The van der Waals surface area contributed by atoms with E-state index < -0.39 is 9.84 Å². The van der Waals surface area contributed by atoms with Gasteiger partial charge in [0.05, 0.1) is 11.5 Å². The molecule has 4 rings (SSSR count). The number of aryl methyl sites for hydroxylation is 2. The third kappa shape index (κ3) is 3.89. The lowest BCUT2D eigenvalue weighted by Gasteiger charge is -2.37. The second-order valence-corrected chi connectivity index (χ2v) is 9.98. The molecule has 2 aliphatic rings. The maximum Gasteiger partial charge on any atom is 0.222 e. The average Bonchev–Trinajstić information content (AvgIpc) is 3.19. The predicted octanol–water partition coefficient (Wildman–Crippen LogP) is 1.44. The zero-order chi connectivity index (χ0) is 19.0. The van der Waals surface area contributed by atoms with Crippen molar-refractivity contribution in [3.8, 4) is 0 Å². The van der Waals surface area contributed by atoms with Gasteiger partial charge in [-0.2, -0.15) is 0 Å². The van der Waals surface area contributed by atoms with E-state index in [2.05, 4.69) is 27.8 Å². The van der Waals surface area contributed by atoms with Crippen LogP contribution >= 0.6 is 0 Å². The molecule has 0 aliphatic carbocycles. The van der Waals surface area contributed by atoms with Crippen molar-refractivity contribution in [1.82, 2.24) is 14.4 Å². The van der Waals surface area contributed by atoms with Gasteiger partial charge in [0.15, 0.2) is 9.84 Å². The van der Waals surface area contributed by atoms with Crippen molar-refractivity contribution in [2.75, 3.05) is 37.7 Å². The zero-order valence-electron chi connectivity index (χ0n) is 15.8. The van der Waals surface area contributed by atoms with Gasteiger partial charge in [0.2, 0.25) is 5.91 Å². The molecule has 1 aromatic heterocycles. The van der Waals surface area contributed by atoms with Gasteiger partial charge in [0.25, 0.3) is 0 Å². The fraction of sp³-hybridized carbons (Fsp3) is 0.550. The number of amides is 1. The van der Waals surface area contributed by atoms with E-state index in [4.69, 9.17) is 0 Å². The lowest BCUT2D eigenvalue weighted by atomic mass is 10.1. The Bertz CT molecular complexity index is 943. The van der Waals surface area contributed by atoms with Crippen LogP contribution in [-0.4, -0.2) is 72.4 Å². The van der Waals surface area contributed by atoms with Gasteiger partial charge in [0, 0.05) is 62.8 Å². The van der Waals surface area contributed by atoms with Gasteiger partial charge >= 0.3 is 0 Å². The van der Waals surface area contributed by atoms with E-state index in [1.807, 2.05) is 24.1 Å². The minimum Gasteiger partial charge on any atom is -0.350 e. The molecule has 146 valence electrons. The lowest BCUT2D eigenvalue weighted by molar-refractivity contribution is -0.133. The molecule has 1 atom stereocenters. The minimum atomic E-state index is -2.85. The molecule has 6 nitrogen and oxygen atoms in total. The largest absolute Gasteiger partial charge is 0.350 e. The van der Waals surface area contributed by atoms with Crippen LogP contribution in [0.15, 0.2) is 30.5 Å². The summed E-state index contributed by atoms with van der Waals surface area (Å²) in [5.74, 6) is 0.783. The topological polar surface area (TPSA) is 62.6 Å². The summed E-state index contributed by atoms with van der Waals surface area (Å²) in [6.07, 6.45) is 4.13. The summed E-state index contributed by atoms with van der Waals surface area (Å²) in [6, 6.07) is 8.43. The molecule has 0 radical (unpaired) electrons. The molecule has 2 saturated heterocycles. The fourth-order valence-corrected chi connectivity index (χ4v) is 6.19. The minimum absolute atomic E-state index is 0.142. The Hall–Kier alpha value is -1.86. The highest BCUT2D eigenvalue weighted by atomic mass is 32.2. The van der Waals surface area contributed by atoms with Crippen LogP contribution in [0.25, 0.3) is 10.9 Å². The molecule has 3 heterocycles. The SMILES string of the molecule is Cn1cc(CCC(=O)N2CCN([C@H]3CCS(=O)(=O)C3)CC2)c2ccccc21. The highest BCUT2D eigenvalue weighted by Gasteiger charge is 2.34. The summed E-state index contributed by atoms with van der Waals surface area (Å²) in [5, 5.41) is 1.22. The number of aromatic nitrogens is 1. The van der Waals surface area contributed by atoms with Crippen LogP contribution < -0.4 is 0 Å². The Labute approximate surface area is 160 Å². The number of carbonyl (C=O) groups excluding carboxylic acids is 1. The summed E-state index contributed by atoms with van der Waals surface area (Å²) in [7, 11) is -0.816. The van der Waals surface area contributed by atoms with Crippen LogP contribution in [0.5, 0.6) is 0 Å². The number of rotatable bonds is 4. The molecular weight excluding hydrogens is 362 g/mol. The first-order valence-electron chi connectivity index (χ1n) is 9.68. The summed E-state index contributed by atoms with van der Waals surface area (Å²) in [6.45, 7) is 2.95. The first-order chi connectivity index (χ1) is 12.9. The van der Waals surface area contributed by atoms with Crippen LogP contribution in [0, 0.1) is 0 Å². The number of hydrogen-bond donors (Lipinski definition) is 0. The smallest absolute Gasteiger partial charge is 0.222 e. The normalized spacial score (nSPS) is 23.1. The number of nitrogens with zero attached hydrogens (tertiary/aromatic N) is 3. The van der Waals surface area contributed by atoms with Crippen molar-refractivity contribution in [2.45, 2.75) is 25.3 Å². The number of para-hydroxylation sites is 1. The van der Waals surface area contributed by atoms with E-state index in [1.165, 1.54) is 16.5 Å². The Kier molecular flexibility index (Phi) is 4.99. The standard InChI is InChI=1S/C20H27N3O3S/c1-21-14-16(18-4-2-3-5-19(18)21)6-7-20(24)23-11-9-22(10-12-23)17-8-13-27(25,26)15-17/h2-5,14,17H,6-13,15H2,1H3/t17-/m0/s1. The molecule has 27 heavy (non-hydrogen) atoms. The van der Waals surface area contributed by atoms with Crippen molar-refractivity contribution in [2.24, 2.45) is 7.05 Å². The van der Waals surface area contributed by atoms with Crippen LogP contribution in [-0.2, 0) is 28.1 Å². The molecule has 0 bridgehead atoms. The number of benzene rings is 1. The van der Waals surface area contributed by atoms with Crippen LogP contribution in [0.4, 0.5) is 0 Å². The molecule has 2 fully saturated rings. The van der Waals surface area contributed by atoms with E-state index in [9.17, 15) is 13.2 Å². The third-order valence-electron chi connectivity index (χ3n) is 5.98. The summed E-state index contributed by atoms with van der Waals surface area (Å²) in [4.78, 5) is 16.8. The van der Waals surface area contributed by atoms with Gasteiger partial charge in [0.1, 0.15) is 0 Å². The van der Waals surface area contributed by atoms with Crippen molar-refractivity contribution in [3.63, 3.8) is 0 Å². The molecule has 1 aromatic carbocycles. The quantitative estimate of drug-likeness (QED) is 0.794. The van der Waals surface area contributed by atoms with Gasteiger partial charge in [-0.3, -0.25) is 9.69 Å². The Morgan fingerprint density at radius 1 is 1.15 bits per heavy atom. The van der Waals surface area contributed by atoms with Gasteiger partial charge in [-0.15, -0.1) is 0 Å². The zero-order valence-corrected chi connectivity index (χ0v) is 16.6. The highest BCUT2D eigenvalue weighted by Crippen LogP contribution is 2.22. The monoisotopic (exact) mass is 389 g/mol. The molecule has 0 N–H and O–H groups in total. The molecule has 0 unspecified atom stereocenters. The number of hydrogen-bond acceptors (Lipinski definition) is 4. The van der Waals surface area contributed by atoms with E-state index in [-0.39, 0.29) is 17.7 Å². The first-order valence-corrected chi connectivity index (χ1v) is 11.5. The van der Waals surface area contributed by atoms with Crippen LogP contribution in [0.1, 0.15) is 18.4 Å². The Morgan fingerprint density at radius 3 is 2.59 bits per heavy atom. The van der Waals surface area contributed by atoms with Gasteiger partial charge < -0.3 is 9.47 Å². The molecule has 1 amide bonds. The number of fused-ring (bicyclic) bond motifs is 1. The number of sulfone groups is 1. The number of carbonyl (C=O) groups is 1. The molecular formula is C20H27N3O3S. The van der Waals surface area contributed by atoms with Gasteiger partial charge in [-0.25, -0.2) is 8.42 Å². The molecule has 7 heteroatoms. The van der Waals surface area contributed by atoms with Gasteiger partial charge in [-0.1, -0.05) is 18.2 Å². The van der Waals surface area contributed by atoms with Crippen molar-refractivity contribution in [3.05, 3.63) is 36.0 Å². The first kappa shape index (κ1) is 18.5. The maximum atomic E-state index is 12.7. The maximum absolute atomic E-state index is 12.7. The average molecular weight is 390 g/mol. The van der Waals surface area contributed by atoms with Gasteiger partial charge in [-0.05, 0) is 24.5 Å². The van der Waals surface area contributed by atoms with Crippen molar-refractivity contribution in [1.29, 1.82) is 0 Å². The van der Waals surface area contributed by atoms with E-state index in [1.54, 1.807) is 0 Å². The van der Waals surface area contributed by atoms with E-state index in [0.717, 1.165) is 25.9 Å². The van der Waals surface area contributed by atoms with Crippen molar-refractivity contribution >= 4 is 26.6 Å². The molecule has 0 spiro atoms. The second kappa shape index (κ2) is 7.28. The Morgan fingerprint density at radius 2 is 1.89 bits per heavy atom. The summed E-state index contributed by atoms with van der Waals surface area (Å²) < 4.78 is 25.5. The molecule has 2 aliphatic heterocycles. The third-order valence-corrected chi connectivity index (χ3v) is 7.73. The van der Waals surface area contributed by atoms with E-state index >= 15 is 0 Å². The predicted molar refractivity (Wildman–Crippen MR) is 106 cm³/mol. The van der Waals surface area contributed by atoms with Crippen LogP contribution in [0.3, 0.4) is 0 Å². The van der Waals surface area contributed by atoms with E-state index in [0.29, 0.717) is 25.3 Å². The lowest BCUT2D eigenvalue weighted by Crippen LogP contribution is -2.52. The van der Waals surface area contributed by atoms with Crippen LogP contribution in [0.2, 0.25) is 0 Å². The van der Waals surface area contributed by atoms with Crippen molar-refractivity contribution < 1.29 is 13.2 Å². The summed E-state index contributed by atoms with van der Waals surface area (Å²) in [5.41, 5.74) is 2.41. The molecule has 2 aromatic rings. The molecule has 0 saturated carbocycles. The summed E-state index contributed by atoms with van der Waals surface area (Å²) >= 11 is 0. The Balaban J connectivity index is 1.31. The fourth-order valence-electron chi connectivity index (χ4n) is 4.42. The highest BCUT2D eigenvalue weighted by molar-refractivity contribution is 7.91. The second-order valence-electron chi connectivity index (χ2n) is 7.76. The number of piperazine rings is 1.